The number of aryl methyl sites for hydroxylation is 1. The number of nitrogens with zero attached hydrogens (tertiary/aromatic N) is 2. The summed E-state index contributed by atoms with van der Waals surface area (Å²) in [6, 6.07) is 8.66. The standard InChI is InChI=1S/C13H12ClN3O2/c1-8-7-9(14)4-5-10(8)19-11-3-2-6-16-12(11)13(15)17-18/h2-7,18H,1H3,(H2,15,17). The molecule has 0 radical (unpaired) electrons. The number of hydrogen-bond donors (Lipinski definition) is 2. The predicted octanol–water partition coefficient (Wildman–Crippen LogP) is 2.93. The summed E-state index contributed by atoms with van der Waals surface area (Å²) in [5.74, 6) is 0.926. The highest BCUT2D eigenvalue weighted by atomic mass is 35.5. The van der Waals surface area contributed by atoms with Crippen molar-refractivity contribution in [3.05, 3.63) is 52.8 Å². The summed E-state index contributed by atoms with van der Waals surface area (Å²) in [5, 5.41) is 12.3. The van der Waals surface area contributed by atoms with Crippen molar-refractivity contribution in [2.24, 2.45) is 10.9 Å². The Bertz CT molecular complexity index is 629. The van der Waals surface area contributed by atoms with Gasteiger partial charge in [0.25, 0.3) is 0 Å². The largest absolute Gasteiger partial charge is 0.455 e. The van der Waals surface area contributed by atoms with Crippen LogP contribution in [0, 0.1) is 6.92 Å². The van der Waals surface area contributed by atoms with Crippen LogP contribution < -0.4 is 10.5 Å². The molecule has 1 heterocycles. The minimum Gasteiger partial charge on any atom is -0.455 e. The molecule has 2 rings (SSSR count). The molecule has 19 heavy (non-hydrogen) atoms. The first-order valence-corrected chi connectivity index (χ1v) is 5.86. The normalized spacial score (nSPS) is 11.4. The fourth-order valence-electron chi connectivity index (χ4n) is 1.56. The van der Waals surface area contributed by atoms with Gasteiger partial charge < -0.3 is 15.7 Å². The van der Waals surface area contributed by atoms with E-state index in [9.17, 15) is 0 Å². The topological polar surface area (TPSA) is 80.7 Å². The van der Waals surface area contributed by atoms with Crippen molar-refractivity contribution < 1.29 is 9.94 Å². The average molecular weight is 278 g/mol. The van der Waals surface area contributed by atoms with Crippen molar-refractivity contribution in [3.63, 3.8) is 0 Å². The average Bonchev–Trinajstić information content (AvgIpc) is 2.41. The first-order valence-electron chi connectivity index (χ1n) is 5.48. The zero-order valence-corrected chi connectivity index (χ0v) is 10.9. The highest BCUT2D eigenvalue weighted by Crippen LogP contribution is 2.28. The maximum absolute atomic E-state index is 8.72. The fourth-order valence-corrected chi connectivity index (χ4v) is 1.79. The third-order valence-corrected chi connectivity index (χ3v) is 2.71. The molecule has 5 nitrogen and oxygen atoms in total. The molecule has 0 aliphatic heterocycles. The third kappa shape index (κ3) is 2.95. The molecule has 0 amide bonds. The number of oxime groups is 1. The molecule has 0 aliphatic carbocycles. The van der Waals surface area contributed by atoms with E-state index in [4.69, 9.17) is 27.3 Å². The van der Waals surface area contributed by atoms with Crippen LogP contribution >= 0.6 is 11.6 Å². The lowest BCUT2D eigenvalue weighted by molar-refractivity contribution is 0.318. The second-order valence-corrected chi connectivity index (χ2v) is 4.28. The van der Waals surface area contributed by atoms with E-state index < -0.39 is 0 Å². The molecule has 0 bridgehead atoms. The molecule has 1 aromatic heterocycles. The van der Waals surface area contributed by atoms with Crippen LogP contribution in [-0.4, -0.2) is 16.0 Å². The number of nitrogens with two attached hydrogens (primary N) is 1. The minimum atomic E-state index is -0.109. The van der Waals surface area contributed by atoms with Gasteiger partial charge in [-0.15, -0.1) is 0 Å². The summed E-state index contributed by atoms with van der Waals surface area (Å²) in [6.45, 7) is 1.88. The smallest absolute Gasteiger partial charge is 0.192 e. The molecular formula is C13H12ClN3O2. The van der Waals surface area contributed by atoms with Gasteiger partial charge in [-0.25, -0.2) is 4.98 Å². The molecule has 3 N–H and O–H groups in total. The van der Waals surface area contributed by atoms with Crippen molar-refractivity contribution in [1.82, 2.24) is 4.98 Å². The summed E-state index contributed by atoms with van der Waals surface area (Å²) in [7, 11) is 0. The van der Waals surface area contributed by atoms with Gasteiger partial charge in [-0.05, 0) is 42.8 Å². The summed E-state index contributed by atoms with van der Waals surface area (Å²) in [5.41, 5.74) is 6.70. The lowest BCUT2D eigenvalue weighted by Gasteiger charge is -2.11. The molecule has 0 atom stereocenters. The second kappa shape index (κ2) is 5.58. The monoisotopic (exact) mass is 277 g/mol. The molecule has 0 saturated carbocycles. The molecule has 0 aliphatic rings. The van der Waals surface area contributed by atoms with Gasteiger partial charge >= 0.3 is 0 Å². The molecule has 0 unspecified atom stereocenters. The van der Waals surface area contributed by atoms with Gasteiger partial charge in [0.15, 0.2) is 17.3 Å². The Morgan fingerprint density at radius 1 is 1.37 bits per heavy atom. The number of rotatable bonds is 3. The molecule has 6 heteroatoms. The van der Waals surface area contributed by atoms with E-state index in [1.165, 1.54) is 6.20 Å². The summed E-state index contributed by atoms with van der Waals surface area (Å²) in [6.07, 6.45) is 1.54. The lowest BCUT2D eigenvalue weighted by atomic mass is 10.2. The predicted molar refractivity (Wildman–Crippen MR) is 73.0 cm³/mol. The van der Waals surface area contributed by atoms with E-state index in [1.807, 2.05) is 6.92 Å². The van der Waals surface area contributed by atoms with Crippen LogP contribution in [0.2, 0.25) is 5.02 Å². The van der Waals surface area contributed by atoms with Crippen molar-refractivity contribution in [1.29, 1.82) is 0 Å². The van der Waals surface area contributed by atoms with Gasteiger partial charge in [-0.3, -0.25) is 0 Å². The van der Waals surface area contributed by atoms with Gasteiger partial charge in [0.05, 0.1) is 0 Å². The zero-order chi connectivity index (χ0) is 13.8. The molecule has 0 saturated heterocycles. The molecule has 2 aromatic rings. The first kappa shape index (κ1) is 13.2. The van der Waals surface area contributed by atoms with Crippen LogP contribution in [0.5, 0.6) is 11.5 Å². The van der Waals surface area contributed by atoms with Crippen LogP contribution in [0.4, 0.5) is 0 Å². The number of amidine groups is 1. The van der Waals surface area contributed by atoms with Crippen molar-refractivity contribution >= 4 is 17.4 Å². The Kier molecular flexibility index (Phi) is 3.87. The van der Waals surface area contributed by atoms with Crippen LogP contribution in [0.1, 0.15) is 11.3 Å². The van der Waals surface area contributed by atoms with Crippen LogP contribution in [0.15, 0.2) is 41.7 Å². The summed E-state index contributed by atoms with van der Waals surface area (Å²) < 4.78 is 5.73. The van der Waals surface area contributed by atoms with E-state index in [0.717, 1.165) is 5.56 Å². The number of aromatic nitrogens is 1. The van der Waals surface area contributed by atoms with Crippen molar-refractivity contribution in [2.75, 3.05) is 0 Å². The van der Waals surface area contributed by atoms with E-state index in [0.29, 0.717) is 16.5 Å². The molecule has 98 valence electrons. The van der Waals surface area contributed by atoms with Crippen LogP contribution in [0.3, 0.4) is 0 Å². The molecule has 1 aromatic carbocycles. The number of halogens is 1. The van der Waals surface area contributed by atoms with Gasteiger partial charge in [0.2, 0.25) is 0 Å². The van der Waals surface area contributed by atoms with Crippen molar-refractivity contribution in [2.45, 2.75) is 6.92 Å². The Hall–Kier alpha value is -2.27. The summed E-state index contributed by atoms with van der Waals surface area (Å²) >= 11 is 5.88. The van der Waals surface area contributed by atoms with Gasteiger partial charge in [0, 0.05) is 11.2 Å². The highest BCUT2D eigenvalue weighted by Gasteiger charge is 2.11. The second-order valence-electron chi connectivity index (χ2n) is 3.85. The number of ether oxygens (including phenoxy) is 1. The number of benzene rings is 1. The Morgan fingerprint density at radius 3 is 2.84 bits per heavy atom. The number of hydrogen-bond acceptors (Lipinski definition) is 4. The van der Waals surface area contributed by atoms with E-state index >= 15 is 0 Å². The summed E-state index contributed by atoms with van der Waals surface area (Å²) in [4.78, 5) is 4.03. The van der Waals surface area contributed by atoms with Crippen molar-refractivity contribution in [3.8, 4) is 11.5 Å². The highest BCUT2D eigenvalue weighted by molar-refractivity contribution is 6.30. The Balaban J connectivity index is 2.38. The van der Waals surface area contributed by atoms with Crippen LogP contribution in [-0.2, 0) is 0 Å². The van der Waals surface area contributed by atoms with Gasteiger partial charge in [-0.1, -0.05) is 16.8 Å². The molecule has 0 spiro atoms. The third-order valence-electron chi connectivity index (χ3n) is 2.48. The van der Waals surface area contributed by atoms with Crippen LogP contribution in [0.25, 0.3) is 0 Å². The Morgan fingerprint density at radius 2 is 2.16 bits per heavy atom. The van der Waals surface area contributed by atoms with Gasteiger partial charge in [0.1, 0.15) is 5.75 Å². The Labute approximate surface area is 115 Å². The van der Waals surface area contributed by atoms with E-state index in [1.54, 1.807) is 30.3 Å². The maximum atomic E-state index is 8.72. The fraction of sp³-hybridized carbons (Fsp3) is 0.0769. The van der Waals surface area contributed by atoms with E-state index in [2.05, 4.69) is 10.1 Å². The molecular weight excluding hydrogens is 266 g/mol. The molecule has 0 fully saturated rings. The zero-order valence-electron chi connectivity index (χ0n) is 10.2. The number of pyridine rings is 1. The SMILES string of the molecule is Cc1cc(Cl)ccc1Oc1cccnc1/C(N)=N/O. The lowest BCUT2D eigenvalue weighted by Crippen LogP contribution is -2.16. The first-order chi connectivity index (χ1) is 9.11. The quantitative estimate of drug-likeness (QED) is 0.391. The van der Waals surface area contributed by atoms with Gasteiger partial charge in [-0.2, -0.15) is 0 Å². The maximum Gasteiger partial charge on any atom is 0.192 e. The minimum absolute atomic E-state index is 0.109. The van der Waals surface area contributed by atoms with E-state index in [-0.39, 0.29) is 11.5 Å².